The van der Waals surface area contributed by atoms with Crippen molar-refractivity contribution in [2.45, 2.75) is 32.4 Å². The van der Waals surface area contributed by atoms with E-state index in [-0.39, 0.29) is 23.2 Å². The zero-order chi connectivity index (χ0) is 26.6. The van der Waals surface area contributed by atoms with E-state index in [1.807, 2.05) is 19.9 Å². The lowest BCUT2D eigenvalue weighted by Crippen LogP contribution is -2.29. The molecule has 3 heterocycles. The van der Waals surface area contributed by atoms with Crippen LogP contribution in [0.5, 0.6) is 17.2 Å². The van der Waals surface area contributed by atoms with E-state index in [0.29, 0.717) is 40.6 Å². The molecule has 1 saturated heterocycles. The fourth-order valence-electron chi connectivity index (χ4n) is 5.02. The smallest absolute Gasteiger partial charge is 0.301 e. The predicted octanol–water partition coefficient (Wildman–Crippen LogP) is 5.35. The molecule has 3 aromatic carbocycles. The van der Waals surface area contributed by atoms with Gasteiger partial charge in [-0.05, 0) is 73.5 Å². The van der Waals surface area contributed by atoms with Gasteiger partial charge in [0.1, 0.15) is 29.1 Å². The van der Waals surface area contributed by atoms with Crippen molar-refractivity contribution in [3.05, 3.63) is 82.9 Å². The van der Waals surface area contributed by atoms with Gasteiger partial charge >= 0.3 is 5.91 Å². The Morgan fingerprint density at radius 3 is 2.79 bits per heavy atom. The molecular formula is C29H24N2O6S. The number of thiazole rings is 1. The largest absolute Gasteiger partial charge is 0.508 e. The highest BCUT2D eigenvalue weighted by molar-refractivity contribution is 7.22. The number of anilines is 1. The van der Waals surface area contributed by atoms with Gasteiger partial charge in [-0.2, -0.15) is 0 Å². The molecule has 6 rings (SSSR count). The minimum atomic E-state index is -0.988. The Morgan fingerprint density at radius 1 is 1.16 bits per heavy atom. The number of carbonyl (C=O) groups excluding carboxylic acids is 2. The molecule has 2 N–H and O–H groups in total. The molecule has 0 aliphatic carbocycles. The number of nitrogens with zero attached hydrogens (tertiary/aromatic N) is 2. The third-order valence-electron chi connectivity index (χ3n) is 6.67. The number of aliphatic hydroxyl groups excluding tert-OH is 1. The maximum Gasteiger partial charge on any atom is 0.301 e. The Kier molecular flexibility index (Phi) is 5.80. The molecule has 192 valence electrons. The van der Waals surface area contributed by atoms with Crippen LogP contribution < -0.4 is 14.4 Å². The molecule has 2 atom stereocenters. The van der Waals surface area contributed by atoms with Gasteiger partial charge in [-0.25, -0.2) is 4.98 Å². The summed E-state index contributed by atoms with van der Waals surface area (Å²) in [7, 11) is 0. The molecule has 0 radical (unpaired) electrons. The molecule has 38 heavy (non-hydrogen) atoms. The monoisotopic (exact) mass is 528 g/mol. The lowest BCUT2D eigenvalue weighted by molar-refractivity contribution is -0.132. The minimum Gasteiger partial charge on any atom is -0.508 e. The molecule has 0 unspecified atom stereocenters. The molecule has 0 bridgehead atoms. The van der Waals surface area contributed by atoms with E-state index in [0.717, 1.165) is 16.0 Å². The number of hydrogen-bond donors (Lipinski definition) is 2. The van der Waals surface area contributed by atoms with Crippen molar-refractivity contribution in [2.75, 3.05) is 11.5 Å². The van der Waals surface area contributed by atoms with E-state index in [4.69, 9.17) is 9.47 Å². The molecule has 0 saturated carbocycles. The molecule has 1 fully saturated rings. The maximum atomic E-state index is 13.5. The van der Waals surface area contributed by atoms with Gasteiger partial charge in [0.15, 0.2) is 5.13 Å². The van der Waals surface area contributed by atoms with E-state index in [2.05, 4.69) is 4.98 Å². The number of Topliss-reactive ketones (excluding diaryl/α,β-unsaturated/α-hetero) is 1. The Bertz CT molecular complexity index is 1640. The van der Waals surface area contributed by atoms with Crippen molar-refractivity contribution in [2.24, 2.45) is 0 Å². The van der Waals surface area contributed by atoms with Gasteiger partial charge in [0.2, 0.25) is 0 Å². The van der Waals surface area contributed by atoms with E-state index < -0.39 is 17.7 Å². The minimum absolute atomic E-state index is 0.0162. The summed E-state index contributed by atoms with van der Waals surface area (Å²) in [5.74, 6) is -0.530. The molecule has 2 aliphatic rings. The van der Waals surface area contributed by atoms with Crippen LogP contribution in [-0.4, -0.2) is 39.6 Å². The van der Waals surface area contributed by atoms with E-state index in [9.17, 15) is 19.8 Å². The van der Waals surface area contributed by atoms with Crippen LogP contribution in [-0.2, 0) is 16.0 Å². The second kappa shape index (κ2) is 9.18. The van der Waals surface area contributed by atoms with Gasteiger partial charge in [-0.1, -0.05) is 23.5 Å². The molecule has 1 aromatic heterocycles. The summed E-state index contributed by atoms with van der Waals surface area (Å²) in [6, 6.07) is 16.0. The number of hydrogen-bond acceptors (Lipinski definition) is 8. The number of ketones is 1. The van der Waals surface area contributed by atoms with Crippen LogP contribution in [0, 0.1) is 0 Å². The Hall–Kier alpha value is -4.37. The third kappa shape index (κ3) is 3.95. The van der Waals surface area contributed by atoms with Crippen LogP contribution in [0.1, 0.15) is 36.6 Å². The molecular weight excluding hydrogens is 504 g/mol. The molecule has 1 amide bonds. The molecule has 2 aliphatic heterocycles. The van der Waals surface area contributed by atoms with Crippen LogP contribution in [0.4, 0.5) is 5.13 Å². The zero-order valence-corrected chi connectivity index (χ0v) is 21.5. The quantitative estimate of drug-likeness (QED) is 0.204. The van der Waals surface area contributed by atoms with Crippen LogP contribution in [0.15, 0.2) is 66.2 Å². The molecule has 9 heteroatoms. The van der Waals surface area contributed by atoms with Crippen molar-refractivity contribution in [1.82, 2.24) is 4.98 Å². The van der Waals surface area contributed by atoms with Gasteiger partial charge in [0.25, 0.3) is 5.78 Å². The number of benzene rings is 3. The molecule has 4 aromatic rings. The summed E-state index contributed by atoms with van der Waals surface area (Å²) >= 11 is 1.25. The lowest BCUT2D eigenvalue weighted by atomic mass is 9.94. The van der Waals surface area contributed by atoms with E-state index in [1.54, 1.807) is 42.5 Å². The Labute approximate surface area is 222 Å². The number of phenolic OH excluding ortho intramolecular Hbond substituents is 1. The number of fused-ring (bicyclic) bond motifs is 2. The van der Waals surface area contributed by atoms with Crippen LogP contribution in [0.25, 0.3) is 16.0 Å². The summed E-state index contributed by atoms with van der Waals surface area (Å²) in [5.41, 5.74) is 2.38. The number of rotatable bonds is 5. The number of aromatic hydroxyl groups is 1. The van der Waals surface area contributed by atoms with Crippen molar-refractivity contribution in [3.8, 4) is 17.2 Å². The van der Waals surface area contributed by atoms with Crippen molar-refractivity contribution in [3.63, 3.8) is 0 Å². The van der Waals surface area contributed by atoms with Gasteiger partial charge in [-0.3, -0.25) is 14.5 Å². The fraction of sp³-hybridized carbons (Fsp3) is 0.207. The Morgan fingerprint density at radius 2 is 2.00 bits per heavy atom. The van der Waals surface area contributed by atoms with Gasteiger partial charge in [-0.15, -0.1) is 0 Å². The second-order valence-electron chi connectivity index (χ2n) is 9.28. The lowest BCUT2D eigenvalue weighted by Gasteiger charge is -2.23. The zero-order valence-electron chi connectivity index (χ0n) is 20.7. The average Bonchev–Trinajstić information content (AvgIpc) is 3.56. The fourth-order valence-corrected chi connectivity index (χ4v) is 6.04. The molecule has 8 nitrogen and oxygen atoms in total. The van der Waals surface area contributed by atoms with Gasteiger partial charge in [0.05, 0.1) is 28.4 Å². The number of ether oxygens (including phenoxy) is 2. The van der Waals surface area contributed by atoms with Crippen LogP contribution in [0.2, 0.25) is 0 Å². The molecule has 0 spiro atoms. The van der Waals surface area contributed by atoms with Gasteiger partial charge < -0.3 is 19.7 Å². The normalized spacial score (nSPS) is 20.1. The summed E-state index contributed by atoms with van der Waals surface area (Å²) in [4.78, 5) is 32.9. The van der Waals surface area contributed by atoms with Crippen LogP contribution >= 0.6 is 11.3 Å². The third-order valence-corrected chi connectivity index (χ3v) is 7.68. The summed E-state index contributed by atoms with van der Waals surface area (Å²) in [6.45, 7) is 4.37. The van der Waals surface area contributed by atoms with Gasteiger partial charge in [0, 0.05) is 12.0 Å². The van der Waals surface area contributed by atoms with E-state index in [1.165, 1.54) is 28.4 Å². The summed E-state index contributed by atoms with van der Waals surface area (Å²) < 4.78 is 12.1. The second-order valence-corrected chi connectivity index (χ2v) is 10.3. The van der Waals surface area contributed by atoms with Crippen molar-refractivity contribution < 1.29 is 29.3 Å². The first-order valence-corrected chi connectivity index (χ1v) is 13.1. The number of carbonyl (C=O) groups is 2. The predicted molar refractivity (Wildman–Crippen MR) is 144 cm³/mol. The SMILES string of the molecule is CCOc1ccc2nc(N3C(=O)C(=O)/C(=C(/O)c4ccc5c(c4)C[C@@H](C)O5)[C@@H]3c3cccc(O)c3)sc2c1. The summed E-state index contributed by atoms with van der Waals surface area (Å²) in [6.07, 6.45) is 0.693. The highest BCUT2D eigenvalue weighted by atomic mass is 32.1. The number of phenols is 1. The average molecular weight is 529 g/mol. The summed E-state index contributed by atoms with van der Waals surface area (Å²) in [5, 5.41) is 22.0. The standard InChI is InChI=1S/C29H24N2O6S/c1-3-36-20-8-9-21-23(14-20)38-29(30-21)31-25(16-5-4-6-19(32)13-16)24(27(34)28(31)35)26(33)17-7-10-22-18(12-17)11-15(2)37-22/h4-10,12-15,25,32-33H,3,11H2,1-2H3/b26-24+/t15-,25+/m1/s1. The number of aliphatic hydroxyl groups is 1. The van der Waals surface area contributed by atoms with Crippen molar-refractivity contribution >= 4 is 44.1 Å². The Balaban J connectivity index is 1.51. The number of aromatic nitrogens is 1. The topological polar surface area (TPSA) is 109 Å². The highest BCUT2D eigenvalue weighted by Gasteiger charge is 2.48. The van der Waals surface area contributed by atoms with Crippen molar-refractivity contribution in [1.29, 1.82) is 0 Å². The first-order chi connectivity index (χ1) is 18.3. The number of amides is 1. The highest BCUT2D eigenvalue weighted by Crippen LogP contribution is 2.45. The maximum absolute atomic E-state index is 13.5. The van der Waals surface area contributed by atoms with Crippen LogP contribution in [0.3, 0.4) is 0 Å². The first-order valence-electron chi connectivity index (χ1n) is 12.3. The first kappa shape index (κ1) is 24.0. The van der Waals surface area contributed by atoms with E-state index >= 15 is 0 Å².